The van der Waals surface area contributed by atoms with Crippen molar-refractivity contribution < 1.29 is 27.5 Å². The van der Waals surface area contributed by atoms with Crippen molar-refractivity contribution in [1.82, 2.24) is 10.0 Å². The van der Waals surface area contributed by atoms with E-state index in [-0.39, 0.29) is 41.3 Å². The zero-order chi connectivity index (χ0) is 24.6. The molecule has 1 saturated carbocycles. The van der Waals surface area contributed by atoms with Crippen molar-refractivity contribution in [2.24, 2.45) is 0 Å². The first-order valence-corrected chi connectivity index (χ1v) is 13.0. The van der Waals surface area contributed by atoms with Crippen molar-refractivity contribution in [1.29, 1.82) is 0 Å². The van der Waals surface area contributed by atoms with E-state index in [1.807, 2.05) is 31.2 Å². The highest BCUT2D eigenvalue weighted by atomic mass is 32.2. The molecule has 184 valence electrons. The Hall–Kier alpha value is -2.91. The fraction of sp³-hybridized carbons (Fsp3) is 0.440. The molecule has 0 heterocycles. The number of carbonyl (C=O) groups is 2. The lowest BCUT2D eigenvalue weighted by Gasteiger charge is -2.15. The maximum atomic E-state index is 12.9. The molecule has 0 radical (unpaired) electrons. The Morgan fingerprint density at radius 1 is 1.06 bits per heavy atom. The molecule has 0 saturated heterocycles. The van der Waals surface area contributed by atoms with Gasteiger partial charge in [0.05, 0.1) is 19.2 Å². The summed E-state index contributed by atoms with van der Waals surface area (Å²) in [5, 5.41) is 2.72. The molecule has 0 spiro atoms. The predicted octanol–water partition coefficient (Wildman–Crippen LogP) is 3.13. The number of benzene rings is 2. The average Bonchev–Trinajstić information content (AvgIpc) is 3.33. The number of ether oxygens (including phenoxy) is 2. The Kier molecular flexibility index (Phi) is 9.06. The standard InChI is InChI=1S/C25H32N2O6S/c1-18-7-9-19(10-8-18)11-14-24(28)26-15-16-33-25(29)20-12-13-22(32-2)23(17-20)34(30,31)27-21-5-3-4-6-21/h7-10,12-13,17,21,27H,3-6,11,14-16H2,1-2H3,(H,26,28). The molecule has 1 fully saturated rings. The van der Waals surface area contributed by atoms with Crippen LogP contribution >= 0.6 is 0 Å². The molecule has 0 unspecified atom stereocenters. The van der Waals surface area contributed by atoms with Gasteiger partial charge in [0.15, 0.2) is 0 Å². The van der Waals surface area contributed by atoms with Gasteiger partial charge in [-0.15, -0.1) is 0 Å². The van der Waals surface area contributed by atoms with E-state index in [4.69, 9.17) is 9.47 Å². The lowest BCUT2D eigenvalue weighted by atomic mass is 10.1. The molecule has 34 heavy (non-hydrogen) atoms. The third kappa shape index (κ3) is 7.30. The predicted molar refractivity (Wildman–Crippen MR) is 128 cm³/mol. The monoisotopic (exact) mass is 488 g/mol. The number of nitrogens with one attached hydrogen (secondary N) is 2. The highest BCUT2D eigenvalue weighted by molar-refractivity contribution is 7.89. The lowest BCUT2D eigenvalue weighted by molar-refractivity contribution is -0.121. The maximum absolute atomic E-state index is 12.9. The van der Waals surface area contributed by atoms with Gasteiger partial charge in [-0.3, -0.25) is 4.79 Å². The van der Waals surface area contributed by atoms with Crippen molar-refractivity contribution in [2.45, 2.75) is 56.4 Å². The number of hydrogen-bond donors (Lipinski definition) is 2. The van der Waals surface area contributed by atoms with Crippen LogP contribution in [0.3, 0.4) is 0 Å². The first-order chi connectivity index (χ1) is 16.3. The first kappa shape index (κ1) is 25.7. The van der Waals surface area contributed by atoms with Crippen molar-refractivity contribution in [3.05, 3.63) is 59.2 Å². The minimum Gasteiger partial charge on any atom is -0.495 e. The number of rotatable bonds is 11. The SMILES string of the molecule is COc1ccc(C(=O)OCCNC(=O)CCc2ccc(C)cc2)cc1S(=O)(=O)NC1CCCC1. The summed E-state index contributed by atoms with van der Waals surface area (Å²) in [7, 11) is -2.47. The fourth-order valence-electron chi connectivity index (χ4n) is 3.86. The third-order valence-corrected chi connectivity index (χ3v) is 7.33. The van der Waals surface area contributed by atoms with Gasteiger partial charge in [0.1, 0.15) is 17.3 Å². The molecule has 0 aromatic heterocycles. The van der Waals surface area contributed by atoms with Gasteiger partial charge in [-0.05, 0) is 49.9 Å². The van der Waals surface area contributed by atoms with Gasteiger partial charge < -0.3 is 14.8 Å². The highest BCUT2D eigenvalue weighted by Crippen LogP contribution is 2.27. The molecular weight excluding hydrogens is 456 g/mol. The van der Waals surface area contributed by atoms with Crippen LogP contribution in [0.2, 0.25) is 0 Å². The van der Waals surface area contributed by atoms with Crippen LogP contribution < -0.4 is 14.8 Å². The van der Waals surface area contributed by atoms with Crippen LogP contribution in [-0.4, -0.2) is 46.6 Å². The molecule has 0 bridgehead atoms. The molecule has 1 aliphatic rings. The van der Waals surface area contributed by atoms with Gasteiger partial charge in [-0.25, -0.2) is 17.9 Å². The fourth-order valence-corrected chi connectivity index (χ4v) is 5.36. The van der Waals surface area contributed by atoms with Gasteiger partial charge in [0.25, 0.3) is 0 Å². The number of aryl methyl sites for hydroxylation is 2. The molecule has 8 nitrogen and oxygen atoms in total. The molecule has 1 aliphatic carbocycles. The molecule has 0 aliphatic heterocycles. The molecule has 2 aromatic rings. The number of esters is 1. The maximum Gasteiger partial charge on any atom is 0.338 e. The van der Waals surface area contributed by atoms with Gasteiger partial charge in [-0.1, -0.05) is 42.7 Å². The Bertz CT molecular complexity index is 1090. The second kappa shape index (κ2) is 12.0. The lowest BCUT2D eigenvalue weighted by Crippen LogP contribution is -2.33. The molecule has 2 N–H and O–H groups in total. The first-order valence-electron chi connectivity index (χ1n) is 11.5. The number of amides is 1. The number of sulfonamides is 1. The quantitative estimate of drug-likeness (QED) is 0.371. The van der Waals surface area contributed by atoms with Crippen LogP contribution in [-0.2, 0) is 26.0 Å². The Labute approximate surface area is 201 Å². The van der Waals surface area contributed by atoms with Crippen molar-refractivity contribution in [2.75, 3.05) is 20.3 Å². The summed E-state index contributed by atoms with van der Waals surface area (Å²) in [6.07, 6.45) is 4.52. The second-order valence-electron chi connectivity index (χ2n) is 8.44. The van der Waals surface area contributed by atoms with E-state index in [1.165, 1.54) is 30.9 Å². The molecule has 3 rings (SSSR count). The van der Waals surface area contributed by atoms with Crippen LogP contribution in [0.15, 0.2) is 47.4 Å². The summed E-state index contributed by atoms with van der Waals surface area (Å²) >= 11 is 0. The van der Waals surface area contributed by atoms with E-state index in [1.54, 1.807) is 0 Å². The topological polar surface area (TPSA) is 111 Å². The van der Waals surface area contributed by atoms with Crippen molar-refractivity contribution in [3.63, 3.8) is 0 Å². The van der Waals surface area contributed by atoms with Gasteiger partial charge in [0.2, 0.25) is 15.9 Å². The van der Waals surface area contributed by atoms with Crippen molar-refractivity contribution >= 4 is 21.9 Å². The van der Waals surface area contributed by atoms with Crippen LogP contribution in [0.1, 0.15) is 53.6 Å². The molecule has 0 atom stereocenters. The van der Waals surface area contributed by atoms with Gasteiger partial charge >= 0.3 is 5.97 Å². The van der Waals surface area contributed by atoms with Crippen LogP contribution in [0.25, 0.3) is 0 Å². The zero-order valence-corrected chi connectivity index (χ0v) is 20.4. The van der Waals surface area contributed by atoms with E-state index in [0.717, 1.165) is 31.2 Å². The second-order valence-corrected chi connectivity index (χ2v) is 10.1. The summed E-state index contributed by atoms with van der Waals surface area (Å²) < 4.78 is 38.8. The van der Waals surface area contributed by atoms with Crippen LogP contribution in [0.4, 0.5) is 0 Å². The Balaban J connectivity index is 1.49. The number of carbonyl (C=O) groups excluding carboxylic acids is 2. The van der Waals surface area contributed by atoms with Gasteiger partial charge in [0, 0.05) is 12.5 Å². The average molecular weight is 489 g/mol. The zero-order valence-electron chi connectivity index (χ0n) is 19.6. The van der Waals surface area contributed by atoms with E-state index in [0.29, 0.717) is 12.8 Å². The minimum atomic E-state index is -3.85. The number of methoxy groups -OCH3 is 1. The highest BCUT2D eigenvalue weighted by Gasteiger charge is 2.26. The van der Waals surface area contributed by atoms with E-state index < -0.39 is 16.0 Å². The van der Waals surface area contributed by atoms with E-state index >= 15 is 0 Å². The summed E-state index contributed by atoms with van der Waals surface area (Å²) in [5.41, 5.74) is 2.35. The summed E-state index contributed by atoms with van der Waals surface area (Å²) in [4.78, 5) is 24.4. The Morgan fingerprint density at radius 2 is 1.76 bits per heavy atom. The smallest absolute Gasteiger partial charge is 0.338 e. The normalized spacial score (nSPS) is 14.1. The van der Waals surface area contributed by atoms with Gasteiger partial charge in [-0.2, -0.15) is 0 Å². The van der Waals surface area contributed by atoms with Crippen molar-refractivity contribution in [3.8, 4) is 5.75 Å². The van der Waals surface area contributed by atoms with Crippen LogP contribution in [0, 0.1) is 6.92 Å². The van der Waals surface area contributed by atoms with E-state index in [9.17, 15) is 18.0 Å². The summed E-state index contributed by atoms with van der Waals surface area (Å²) in [6, 6.07) is 12.1. The third-order valence-electron chi connectivity index (χ3n) is 5.78. The molecular formula is C25H32N2O6S. The molecule has 9 heteroatoms. The Morgan fingerprint density at radius 3 is 2.44 bits per heavy atom. The molecule has 1 amide bonds. The summed E-state index contributed by atoms with van der Waals surface area (Å²) in [5.74, 6) is -0.649. The molecule has 2 aromatic carbocycles. The minimum absolute atomic E-state index is 0.0243. The van der Waals surface area contributed by atoms with E-state index in [2.05, 4.69) is 10.0 Å². The number of hydrogen-bond acceptors (Lipinski definition) is 6. The largest absolute Gasteiger partial charge is 0.495 e. The summed E-state index contributed by atoms with van der Waals surface area (Å²) in [6.45, 7) is 2.16. The van der Waals surface area contributed by atoms with Crippen LogP contribution in [0.5, 0.6) is 5.75 Å².